The molecule has 1 aromatic heterocycles. The molecular weight excluding hydrogens is 398 g/mol. The van der Waals surface area contributed by atoms with Gasteiger partial charge in [-0.05, 0) is 45.0 Å². The minimum absolute atomic E-state index is 0.132. The molecule has 0 radical (unpaired) electrons. The number of methoxy groups -OCH3 is 1. The molecule has 0 aliphatic rings. The number of nitrogens with one attached hydrogen (secondary N) is 1. The zero-order valence-electron chi connectivity index (χ0n) is 18.1. The maximum absolute atomic E-state index is 12.9. The molecule has 3 aromatic rings. The molecule has 1 heterocycles. The first-order valence-electron chi connectivity index (χ1n) is 9.75. The first kappa shape index (κ1) is 21.9. The van der Waals surface area contributed by atoms with Crippen molar-refractivity contribution in [1.82, 2.24) is 9.36 Å². The largest absolute Gasteiger partial charge is 0.496 e. The Morgan fingerprint density at radius 2 is 1.74 bits per heavy atom. The quantitative estimate of drug-likeness (QED) is 0.616. The van der Waals surface area contributed by atoms with Crippen LogP contribution in [0, 0.1) is 13.8 Å². The van der Waals surface area contributed by atoms with E-state index in [4.69, 9.17) is 9.47 Å². The number of aromatic nitrogens is 2. The molecule has 0 bridgehead atoms. The van der Waals surface area contributed by atoms with E-state index < -0.39 is 18.0 Å². The number of ether oxygens (including phenoxy) is 2. The van der Waals surface area contributed by atoms with E-state index in [0.717, 1.165) is 5.56 Å². The molecule has 0 saturated carbocycles. The van der Waals surface area contributed by atoms with Crippen molar-refractivity contribution in [2.45, 2.75) is 26.9 Å². The molecule has 8 nitrogen and oxygen atoms in total. The van der Waals surface area contributed by atoms with Crippen LogP contribution in [0.2, 0.25) is 0 Å². The topological polar surface area (TPSA) is 91.6 Å². The summed E-state index contributed by atoms with van der Waals surface area (Å²) in [6.45, 7) is 5.01. The predicted molar refractivity (Wildman–Crippen MR) is 117 cm³/mol. The maximum atomic E-state index is 12.9. The van der Waals surface area contributed by atoms with Crippen LogP contribution in [0.25, 0.3) is 5.69 Å². The van der Waals surface area contributed by atoms with Gasteiger partial charge in [-0.15, -0.1) is 0 Å². The van der Waals surface area contributed by atoms with Gasteiger partial charge in [-0.3, -0.25) is 14.3 Å². The Morgan fingerprint density at radius 3 is 2.39 bits per heavy atom. The normalized spacial score (nSPS) is 11.6. The third-order valence-electron chi connectivity index (χ3n) is 5.03. The molecule has 8 heteroatoms. The van der Waals surface area contributed by atoms with Crippen LogP contribution in [-0.4, -0.2) is 34.5 Å². The van der Waals surface area contributed by atoms with E-state index in [1.54, 1.807) is 42.9 Å². The summed E-state index contributed by atoms with van der Waals surface area (Å²) >= 11 is 0. The minimum Gasteiger partial charge on any atom is -0.496 e. The fourth-order valence-electron chi connectivity index (χ4n) is 3.20. The van der Waals surface area contributed by atoms with Gasteiger partial charge >= 0.3 is 5.97 Å². The van der Waals surface area contributed by atoms with Crippen LogP contribution in [0.15, 0.2) is 53.3 Å². The lowest BCUT2D eigenvalue weighted by Crippen LogP contribution is -2.32. The Labute approximate surface area is 180 Å². The van der Waals surface area contributed by atoms with Crippen molar-refractivity contribution >= 4 is 17.6 Å². The third-order valence-corrected chi connectivity index (χ3v) is 5.03. The zero-order chi connectivity index (χ0) is 22.7. The first-order valence-corrected chi connectivity index (χ1v) is 9.75. The smallest absolute Gasteiger partial charge is 0.342 e. The Kier molecular flexibility index (Phi) is 6.29. The molecule has 1 N–H and O–H groups in total. The number of para-hydroxylation sites is 1. The van der Waals surface area contributed by atoms with E-state index in [0.29, 0.717) is 17.1 Å². The lowest BCUT2D eigenvalue weighted by molar-refractivity contribution is -0.123. The van der Waals surface area contributed by atoms with E-state index in [-0.39, 0.29) is 16.8 Å². The number of benzene rings is 2. The van der Waals surface area contributed by atoms with Crippen LogP contribution in [0.4, 0.5) is 5.69 Å². The van der Waals surface area contributed by atoms with Crippen molar-refractivity contribution in [2.75, 3.05) is 12.4 Å². The molecule has 1 amide bonds. The average molecular weight is 423 g/mol. The number of carbonyl (C=O) groups is 2. The van der Waals surface area contributed by atoms with Gasteiger partial charge in [0, 0.05) is 7.05 Å². The summed E-state index contributed by atoms with van der Waals surface area (Å²) in [5.41, 5.74) is 2.08. The number of anilines is 1. The summed E-state index contributed by atoms with van der Waals surface area (Å²) in [6, 6.07) is 14.2. The van der Waals surface area contributed by atoms with E-state index >= 15 is 0 Å². The monoisotopic (exact) mass is 423 g/mol. The second-order valence-electron chi connectivity index (χ2n) is 7.18. The molecule has 0 aliphatic carbocycles. The molecule has 0 aliphatic heterocycles. The van der Waals surface area contributed by atoms with Gasteiger partial charge in [0.1, 0.15) is 17.0 Å². The molecule has 0 spiro atoms. The van der Waals surface area contributed by atoms with E-state index in [1.165, 1.54) is 18.7 Å². The average Bonchev–Trinajstić information content (AvgIpc) is 2.97. The first-order chi connectivity index (χ1) is 14.7. The second kappa shape index (κ2) is 8.91. The second-order valence-corrected chi connectivity index (χ2v) is 7.18. The number of nitrogens with zero attached hydrogens (tertiary/aromatic N) is 2. The van der Waals surface area contributed by atoms with Crippen molar-refractivity contribution in [1.29, 1.82) is 0 Å². The molecule has 0 unspecified atom stereocenters. The van der Waals surface area contributed by atoms with Gasteiger partial charge in [0.25, 0.3) is 11.5 Å². The molecule has 162 valence electrons. The maximum Gasteiger partial charge on any atom is 0.342 e. The number of aryl methyl sites for hydroxylation is 1. The summed E-state index contributed by atoms with van der Waals surface area (Å²) in [4.78, 5) is 38.2. The standard InChI is InChI=1S/C23H25N3O5/c1-14-11-12-19(30-5)18(13-14)23(29)31-16(3)21(27)24-20-15(2)25(4)26(22(20)28)17-9-7-6-8-10-17/h6-13,16H,1-5H3,(H,24,27)/t16-/m1/s1. The molecule has 0 saturated heterocycles. The molecule has 3 rings (SSSR count). The van der Waals surface area contributed by atoms with E-state index in [9.17, 15) is 14.4 Å². The Morgan fingerprint density at radius 1 is 1.06 bits per heavy atom. The minimum atomic E-state index is -1.12. The number of carbonyl (C=O) groups excluding carboxylic acids is 2. The molecule has 0 fully saturated rings. The van der Waals surface area contributed by atoms with Crippen LogP contribution in [0.5, 0.6) is 5.75 Å². The third kappa shape index (κ3) is 4.37. The highest BCUT2D eigenvalue weighted by atomic mass is 16.5. The number of rotatable bonds is 6. The van der Waals surface area contributed by atoms with Crippen molar-refractivity contribution in [3.05, 3.63) is 75.7 Å². The molecule has 1 atom stereocenters. The van der Waals surface area contributed by atoms with Gasteiger partial charge in [-0.2, -0.15) is 0 Å². The predicted octanol–water partition coefficient (Wildman–Crippen LogP) is 2.99. The summed E-state index contributed by atoms with van der Waals surface area (Å²) in [6.07, 6.45) is -1.12. The van der Waals surface area contributed by atoms with E-state index in [1.807, 2.05) is 31.2 Å². The van der Waals surface area contributed by atoms with Crippen LogP contribution in [0.1, 0.15) is 28.5 Å². The lowest BCUT2D eigenvalue weighted by Gasteiger charge is -2.14. The van der Waals surface area contributed by atoms with Crippen molar-refractivity contribution in [3.63, 3.8) is 0 Å². The van der Waals surface area contributed by atoms with Crippen LogP contribution < -0.4 is 15.6 Å². The summed E-state index contributed by atoms with van der Waals surface area (Å²) < 4.78 is 13.6. The van der Waals surface area contributed by atoms with Crippen molar-refractivity contribution < 1.29 is 19.1 Å². The van der Waals surface area contributed by atoms with Crippen molar-refractivity contribution in [3.8, 4) is 11.4 Å². The van der Waals surface area contributed by atoms with Gasteiger partial charge in [0.2, 0.25) is 0 Å². The van der Waals surface area contributed by atoms with Crippen LogP contribution in [-0.2, 0) is 16.6 Å². The zero-order valence-corrected chi connectivity index (χ0v) is 18.1. The number of hydrogen-bond acceptors (Lipinski definition) is 5. The van der Waals surface area contributed by atoms with E-state index in [2.05, 4.69) is 5.32 Å². The molecular formula is C23H25N3O5. The summed E-state index contributed by atoms with van der Waals surface area (Å²) in [7, 11) is 3.18. The molecule has 31 heavy (non-hydrogen) atoms. The van der Waals surface area contributed by atoms with Gasteiger partial charge in [0.05, 0.1) is 18.5 Å². The summed E-state index contributed by atoms with van der Waals surface area (Å²) in [5.74, 6) is -0.937. The van der Waals surface area contributed by atoms with Crippen LogP contribution >= 0.6 is 0 Å². The van der Waals surface area contributed by atoms with Crippen LogP contribution in [0.3, 0.4) is 0 Å². The highest BCUT2D eigenvalue weighted by Crippen LogP contribution is 2.21. The van der Waals surface area contributed by atoms with Gasteiger partial charge in [-0.1, -0.05) is 29.8 Å². The van der Waals surface area contributed by atoms with Crippen molar-refractivity contribution in [2.24, 2.45) is 7.05 Å². The number of amides is 1. The lowest BCUT2D eigenvalue weighted by atomic mass is 10.1. The Balaban J connectivity index is 1.80. The fraction of sp³-hybridized carbons (Fsp3) is 0.261. The number of esters is 1. The van der Waals surface area contributed by atoms with Gasteiger partial charge in [0.15, 0.2) is 6.10 Å². The summed E-state index contributed by atoms with van der Waals surface area (Å²) in [5, 5.41) is 2.60. The van der Waals surface area contributed by atoms with Gasteiger partial charge in [-0.25, -0.2) is 9.48 Å². The Bertz CT molecular complexity index is 1180. The molecule has 2 aromatic carbocycles. The fourth-order valence-corrected chi connectivity index (χ4v) is 3.20. The Hall–Kier alpha value is -3.81. The SMILES string of the molecule is COc1ccc(C)cc1C(=O)O[C@H](C)C(=O)Nc1c(C)n(C)n(-c2ccccc2)c1=O. The highest BCUT2D eigenvalue weighted by molar-refractivity contribution is 5.98. The number of hydrogen-bond donors (Lipinski definition) is 1. The van der Waals surface area contributed by atoms with Gasteiger partial charge < -0.3 is 14.8 Å². The highest BCUT2D eigenvalue weighted by Gasteiger charge is 2.24.